The van der Waals surface area contributed by atoms with Gasteiger partial charge in [-0.05, 0) is 56.0 Å². The number of carbonyl (C=O) groups excluding carboxylic acids is 1. The van der Waals surface area contributed by atoms with Crippen LogP contribution in [0.4, 0.5) is 0 Å². The molecule has 2 aromatic rings. The molecule has 4 rings (SSSR count). The number of nitrogens with one attached hydrogen (secondary N) is 1. The van der Waals surface area contributed by atoms with Crippen molar-refractivity contribution in [3.8, 4) is 5.69 Å². The fraction of sp³-hybridized carbons (Fsp3) is 0.471. The van der Waals surface area contributed by atoms with Crippen molar-refractivity contribution in [1.29, 1.82) is 0 Å². The SMILES string of the molecule is O=C(c1cccc(-n2cncn2)c1)N1CC[C@@H]2CNC[C@@H]2CC1. The molecule has 0 spiro atoms. The van der Waals surface area contributed by atoms with Gasteiger partial charge in [-0.3, -0.25) is 4.79 Å². The van der Waals surface area contributed by atoms with Crippen molar-refractivity contribution >= 4 is 5.91 Å². The number of carbonyl (C=O) groups is 1. The Hall–Kier alpha value is -2.21. The molecule has 1 amide bonds. The zero-order valence-electron chi connectivity index (χ0n) is 13.1. The summed E-state index contributed by atoms with van der Waals surface area (Å²) in [6, 6.07) is 7.62. The minimum absolute atomic E-state index is 0.125. The summed E-state index contributed by atoms with van der Waals surface area (Å²) in [5.74, 6) is 1.59. The first-order chi connectivity index (χ1) is 11.3. The summed E-state index contributed by atoms with van der Waals surface area (Å²) in [5.41, 5.74) is 1.59. The maximum Gasteiger partial charge on any atom is 0.253 e. The van der Waals surface area contributed by atoms with Crippen LogP contribution in [0.15, 0.2) is 36.9 Å². The highest BCUT2D eigenvalue weighted by atomic mass is 16.2. The molecule has 6 nitrogen and oxygen atoms in total. The van der Waals surface area contributed by atoms with E-state index in [-0.39, 0.29) is 5.91 Å². The van der Waals surface area contributed by atoms with Crippen molar-refractivity contribution < 1.29 is 4.79 Å². The summed E-state index contributed by atoms with van der Waals surface area (Å²) in [7, 11) is 0. The second-order valence-corrected chi connectivity index (χ2v) is 6.44. The lowest BCUT2D eigenvalue weighted by atomic mass is 9.92. The highest BCUT2D eigenvalue weighted by molar-refractivity contribution is 5.94. The third-order valence-corrected chi connectivity index (χ3v) is 5.08. The zero-order chi connectivity index (χ0) is 15.6. The molecule has 0 saturated carbocycles. The predicted molar refractivity (Wildman–Crippen MR) is 86.3 cm³/mol. The summed E-state index contributed by atoms with van der Waals surface area (Å²) in [6.07, 6.45) is 5.35. The van der Waals surface area contributed by atoms with Gasteiger partial charge in [-0.2, -0.15) is 5.10 Å². The highest BCUT2D eigenvalue weighted by Gasteiger charge is 2.31. The van der Waals surface area contributed by atoms with Crippen LogP contribution in [0.1, 0.15) is 23.2 Å². The van der Waals surface area contributed by atoms with Crippen molar-refractivity contribution in [3.05, 3.63) is 42.5 Å². The van der Waals surface area contributed by atoms with Crippen molar-refractivity contribution in [2.75, 3.05) is 26.2 Å². The van der Waals surface area contributed by atoms with Crippen LogP contribution < -0.4 is 5.32 Å². The van der Waals surface area contributed by atoms with E-state index >= 15 is 0 Å². The van der Waals surface area contributed by atoms with Crippen LogP contribution in [-0.2, 0) is 0 Å². The number of hydrogen-bond donors (Lipinski definition) is 1. The zero-order valence-corrected chi connectivity index (χ0v) is 13.1. The van der Waals surface area contributed by atoms with Crippen molar-refractivity contribution in [2.45, 2.75) is 12.8 Å². The molecule has 2 aliphatic heterocycles. The Morgan fingerprint density at radius 1 is 1.17 bits per heavy atom. The van der Waals surface area contributed by atoms with E-state index in [4.69, 9.17) is 0 Å². The lowest BCUT2D eigenvalue weighted by Crippen LogP contribution is -2.32. The minimum atomic E-state index is 0.125. The van der Waals surface area contributed by atoms with Crippen LogP contribution in [0.3, 0.4) is 0 Å². The van der Waals surface area contributed by atoms with Gasteiger partial charge in [0.05, 0.1) is 5.69 Å². The molecule has 120 valence electrons. The molecule has 0 radical (unpaired) electrons. The summed E-state index contributed by atoms with van der Waals surface area (Å²) >= 11 is 0. The number of fused-ring (bicyclic) bond motifs is 1. The molecule has 1 N–H and O–H groups in total. The molecule has 1 aromatic carbocycles. The lowest BCUT2D eigenvalue weighted by molar-refractivity contribution is 0.0758. The molecule has 2 fully saturated rings. The average molecular weight is 311 g/mol. The highest BCUT2D eigenvalue weighted by Crippen LogP contribution is 2.27. The Morgan fingerprint density at radius 3 is 2.65 bits per heavy atom. The number of nitrogens with zero attached hydrogens (tertiary/aromatic N) is 4. The Balaban J connectivity index is 1.51. The third-order valence-electron chi connectivity index (χ3n) is 5.08. The van der Waals surface area contributed by atoms with Crippen molar-refractivity contribution in [1.82, 2.24) is 25.0 Å². The van der Waals surface area contributed by atoms with E-state index < -0.39 is 0 Å². The van der Waals surface area contributed by atoms with Gasteiger partial charge in [0.15, 0.2) is 0 Å². The molecule has 0 aliphatic carbocycles. The van der Waals surface area contributed by atoms with Gasteiger partial charge in [-0.15, -0.1) is 0 Å². The van der Waals surface area contributed by atoms with Gasteiger partial charge in [0.1, 0.15) is 12.7 Å². The quantitative estimate of drug-likeness (QED) is 0.909. The first-order valence-electron chi connectivity index (χ1n) is 8.26. The number of likely N-dealkylation sites (tertiary alicyclic amines) is 1. The summed E-state index contributed by atoms with van der Waals surface area (Å²) in [6.45, 7) is 3.92. The summed E-state index contributed by atoms with van der Waals surface area (Å²) in [4.78, 5) is 18.8. The molecule has 2 saturated heterocycles. The number of rotatable bonds is 2. The van der Waals surface area contributed by atoms with E-state index in [2.05, 4.69) is 15.4 Å². The van der Waals surface area contributed by atoms with Crippen molar-refractivity contribution in [2.24, 2.45) is 11.8 Å². The molecule has 2 aliphatic rings. The topological polar surface area (TPSA) is 63.1 Å². The first-order valence-corrected chi connectivity index (χ1v) is 8.26. The van der Waals surface area contributed by atoms with Crippen LogP contribution in [0.5, 0.6) is 0 Å². The number of benzene rings is 1. The average Bonchev–Trinajstić information content (AvgIpc) is 3.23. The molecular weight excluding hydrogens is 290 g/mol. The minimum Gasteiger partial charge on any atom is -0.339 e. The Bertz CT molecular complexity index is 670. The van der Waals surface area contributed by atoms with Gasteiger partial charge in [0.25, 0.3) is 5.91 Å². The molecule has 6 heteroatoms. The van der Waals surface area contributed by atoms with E-state index in [0.29, 0.717) is 0 Å². The van der Waals surface area contributed by atoms with Gasteiger partial charge in [0.2, 0.25) is 0 Å². The number of amides is 1. The van der Waals surface area contributed by atoms with E-state index in [0.717, 1.165) is 62.1 Å². The summed E-state index contributed by atoms with van der Waals surface area (Å²) in [5, 5.41) is 7.60. The predicted octanol–water partition coefficient (Wildman–Crippen LogP) is 1.34. The molecule has 23 heavy (non-hydrogen) atoms. The Labute approximate surface area is 135 Å². The molecule has 0 bridgehead atoms. The van der Waals surface area contributed by atoms with E-state index in [9.17, 15) is 4.79 Å². The molecule has 3 heterocycles. The largest absolute Gasteiger partial charge is 0.339 e. The monoisotopic (exact) mass is 311 g/mol. The Morgan fingerprint density at radius 2 is 1.96 bits per heavy atom. The van der Waals surface area contributed by atoms with Crippen LogP contribution in [0.2, 0.25) is 0 Å². The number of aromatic nitrogens is 3. The fourth-order valence-corrected chi connectivity index (χ4v) is 3.73. The maximum absolute atomic E-state index is 12.9. The van der Waals surface area contributed by atoms with E-state index in [1.165, 1.54) is 6.33 Å². The first kappa shape index (κ1) is 14.4. The molecular formula is C17H21N5O. The molecule has 1 aromatic heterocycles. The van der Waals surface area contributed by atoms with E-state index in [1.807, 2.05) is 29.2 Å². The molecule has 2 atom stereocenters. The van der Waals surface area contributed by atoms with Gasteiger partial charge in [-0.1, -0.05) is 6.07 Å². The Kier molecular flexibility index (Phi) is 3.83. The van der Waals surface area contributed by atoms with Gasteiger partial charge < -0.3 is 10.2 Å². The van der Waals surface area contributed by atoms with Crippen LogP contribution in [0.25, 0.3) is 5.69 Å². The normalized spacial score (nSPS) is 24.3. The molecule has 0 unspecified atom stereocenters. The summed E-state index contributed by atoms with van der Waals surface area (Å²) < 4.78 is 1.68. The second kappa shape index (κ2) is 6.12. The van der Waals surface area contributed by atoms with Crippen LogP contribution in [0, 0.1) is 11.8 Å². The second-order valence-electron chi connectivity index (χ2n) is 6.44. The maximum atomic E-state index is 12.9. The van der Waals surface area contributed by atoms with Crippen LogP contribution in [-0.4, -0.2) is 51.8 Å². The smallest absolute Gasteiger partial charge is 0.253 e. The van der Waals surface area contributed by atoms with Crippen molar-refractivity contribution in [3.63, 3.8) is 0 Å². The third kappa shape index (κ3) is 2.86. The van der Waals surface area contributed by atoms with Gasteiger partial charge in [0, 0.05) is 18.7 Å². The fourth-order valence-electron chi connectivity index (χ4n) is 3.73. The lowest BCUT2D eigenvalue weighted by Gasteiger charge is -2.21. The van der Waals surface area contributed by atoms with Gasteiger partial charge in [-0.25, -0.2) is 9.67 Å². The van der Waals surface area contributed by atoms with Gasteiger partial charge >= 0.3 is 0 Å². The standard InChI is InChI=1S/C17H21N5O/c23-17(21-6-4-14-9-18-10-15(14)5-7-21)13-2-1-3-16(8-13)22-12-19-11-20-22/h1-3,8,11-12,14-15,18H,4-7,9-10H2/t14-,15+. The number of hydrogen-bond acceptors (Lipinski definition) is 4. The van der Waals surface area contributed by atoms with E-state index in [1.54, 1.807) is 11.0 Å². The van der Waals surface area contributed by atoms with Crippen LogP contribution >= 0.6 is 0 Å².